The van der Waals surface area contributed by atoms with Crippen molar-refractivity contribution < 1.29 is 14.4 Å². The van der Waals surface area contributed by atoms with Gasteiger partial charge in [0.2, 0.25) is 0 Å². The zero-order chi connectivity index (χ0) is 14.8. The molecule has 0 bridgehead atoms. The minimum absolute atomic E-state index is 0.00344. The van der Waals surface area contributed by atoms with E-state index in [0.717, 1.165) is 25.4 Å². The summed E-state index contributed by atoms with van der Waals surface area (Å²) in [4.78, 5) is 13.2. The summed E-state index contributed by atoms with van der Waals surface area (Å²) in [5, 5.41) is 0. The van der Waals surface area contributed by atoms with E-state index in [1.807, 2.05) is 0 Å². The zero-order valence-electron chi connectivity index (χ0n) is 13.7. The van der Waals surface area contributed by atoms with Gasteiger partial charge >= 0.3 is 5.97 Å². The van der Waals surface area contributed by atoms with Gasteiger partial charge < -0.3 is 9.64 Å². The topological polar surface area (TPSA) is 30.7 Å². The minimum Gasteiger partial charge on any atom is -0.462 e. The van der Waals surface area contributed by atoms with Gasteiger partial charge in [-0.3, -0.25) is 0 Å². The van der Waals surface area contributed by atoms with Crippen LogP contribution in [0.15, 0.2) is 0 Å². The molecule has 0 aromatic heterocycles. The summed E-state index contributed by atoms with van der Waals surface area (Å²) in [5.74, 6) is 1.47. The monoisotopic (exact) mass is 284 g/mol. The van der Waals surface area contributed by atoms with Crippen LogP contribution in [0.2, 0.25) is 0 Å². The van der Waals surface area contributed by atoms with Gasteiger partial charge in [0.1, 0.15) is 0 Å². The average molecular weight is 284 g/mol. The third kappa shape index (κ3) is 8.57. The molecule has 1 aliphatic heterocycles. The standard InChI is InChI=1S/C17H33NO2/c1-15(2)8-7-9-16(3)10-13-20-17(19)14-18-11-5-4-6-12-18/h15-16H,4-14H2,1-3H3/p+1/t16-/m0/s1. The van der Waals surface area contributed by atoms with E-state index in [1.54, 1.807) is 0 Å². The fourth-order valence-corrected chi connectivity index (χ4v) is 2.88. The highest BCUT2D eigenvalue weighted by Crippen LogP contribution is 2.15. The molecule has 0 unspecified atom stereocenters. The first kappa shape index (κ1) is 17.5. The molecule has 0 spiro atoms. The molecule has 0 aromatic rings. The Kier molecular flexibility index (Phi) is 8.92. The predicted molar refractivity (Wildman–Crippen MR) is 82.8 cm³/mol. The summed E-state index contributed by atoms with van der Waals surface area (Å²) in [6.45, 7) is 10.3. The summed E-state index contributed by atoms with van der Waals surface area (Å²) in [6.07, 6.45) is 8.72. The highest BCUT2D eigenvalue weighted by atomic mass is 16.5. The number of quaternary nitrogens is 1. The van der Waals surface area contributed by atoms with Gasteiger partial charge in [0, 0.05) is 0 Å². The van der Waals surface area contributed by atoms with Crippen molar-refractivity contribution >= 4 is 5.97 Å². The van der Waals surface area contributed by atoms with Crippen LogP contribution in [0.4, 0.5) is 0 Å². The zero-order valence-corrected chi connectivity index (χ0v) is 13.7. The fourth-order valence-electron chi connectivity index (χ4n) is 2.88. The number of hydrogen-bond donors (Lipinski definition) is 1. The molecule has 1 atom stereocenters. The Morgan fingerprint density at radius 2 is 1.75 bits per heavy atom. The smallest absolute Gasteiger partial charge is 0.361 e. The average Bonchev–Trinajstić information content (AvgIpc) is 2.39. The van der Waals surface area contributed by atoms with Crippen LogP contribution in [-0.2, 0) is 9.53 Å². The van der Waals surface area contributed by atoms with Crippen molar-refractivity contribution in [3.05, 3.63) is 0 Å². The largest absolute Gasteiger partial charge is 0.462 e. The molecular weight excluding hydrogens is 250 g/mol. The molecule has 0 aromatic carbocycles. The third-order valence-corrected chi connectivity index (χ3v) is 4.31. The number of esters is 1. The van der Waals surface area contributed by atoms with E-state index >= 15 is 0 Å². The third-order valence-electron chi connectivity index (χ3n) is 4.31. The lowest BCUT2D eigenvalue weighted by atomic mass is 9.98. The molecular formula is C17H34NO2+. The second-order valence-electron chi connectivity index (χ2n) is 6.93. The van der Waals surface area contributed by atoms with E-state index in [1.165, 1.54) is 43.4 Å². The van der Waals surface area contributed by atoms with Crippen molar-refractivity contribution in [2.45, 2.75) is 65.7 Å². The molecule has 1 saturated heterocycles. The van der Waals surface area contributed by atoms with Gasteiger partial charge in [-0.2, -0.15) is 0 Å². The summed E-state index contributed by atoms with van der Waals surface area (Å²) < 4.78 is 5.38. The fraction of sp³-hybridized carbons (Fsp3) is 0.941. The van der Waals surface area contributed by atoms with Crippen LogP contribution in [0.25, 0.3) is 0 Å². The van der Waals surface area contributed by atoms with Crippen molar-refractivity contribution in [3.8, 4) is 0 Å². The van der Waals surface area contributed by atoms with Crippen molar-refractivity contribution in [2.75, 3.05) is 26.2 Å². The maximum Gasteiger partial charge on any atom is 0.361 e. The number of nitrogens with one attached hydrogen (secondary N) is 1. The normalized spacial score (nSPS) is 18.2. The molecule has 1 fully saturated rings. The lowest BCUT2D eigenvalue weighted by Crippen LogP contribution is -3.13. The van der Waals surface area contributed by atoms with Crippen molar-refractivity contribution in [1.29, 1.82) is 0 Å². The number of likely N-dealkylation sites (tertiary alicyclic amines) is 1. The van der Waals surface area contributed by atoms with E-state index in [9.17, 15) is 4.79 Å². The summed E-state index contributed by atoms with van der Waals surface area (Å²) >= 11 is 0. The lowest BCUT2D eigenvalue weighted by molar-refractivity contribution is -0.897. The van der Waals surface area contributed by atoms with Crippen molar-refractivity contribution in [2.24, 2.45) is 11.8 Å². The second kappa shape index (κ2) is 10.2. The molecule has 3 nitrogen and oxygen atoms in total. The Hall–Kier alpha value is -0.570. The molecule has 0 aliphatic carbocycles. The van der Waals surface area contributed by atoms with E-state index in [-0.39, 0.29) is 5.97 Å². The number of carbonyl (C=O) groups is 1. The van der Waals surface area contributed by atoms with Gasteiger partial charge in [0.25, 0.3) is 0 Å². The van der Waals surface area contributed by atoms with E-state index < -0.39 is 0 Å². The Morgan fingerprint density at radius 1 is 1.05 bits per heavy atom. The Balaban J connectivity index is 2.00. The maximum absolute atomic E-state index is 11.8. The molecule has 1 heterocycles. The molecule has 20 heavy (non-hydrogen) atoms. The van der Waals surface area contributed by atoms with Gasteiger partial charge in [0.15, 0.2) is 6.54 Å². The number of ether oxygens (including phenoxy) is 1. The molecule has 0 amide bonds. The number of hydrogen-bond acceptors (Lipinski definition) is 2. The van der Waals surface area contributed by atoms with Gasteiger partial charge in [-0.25, -0.2) is 4.79 Å². The molecule has 1 N–H and O–H groups in total. The van der Waals surface area contributed by atoms with E-state index in [0.29, 0.717) is 19.1 Å². The van der Waals surface area contributed by atoms with Crippen LogP contribution in [0.3, 0.4) is 0 Å². The Bertz CT molecular complexity index is 260. The van der Waals surface area contributed by atoms with Crippen LogP contribution in [0.5, 0.6) is 0 Å². The molecule has 1 rings (SSSR count). The van der Waals surface area contributed by atoms with Gasteiger partial charge in [-0.15, -0.1) is 0 Å². The van der Waals surface area contributed by atoms with Gasteiger partial charge in [-0.05, 0) is 37.5 Å². The van der Waals surface area contributed by atoms with Crippen LogP contribution in [-0.4, -0.2) is 32.2 Å². The molecule has 0 saturated carbocycles. The number of carbonyl (C=O) groups excluding carboxylic acids is 1. The van der Waals surface area contributed by atoms with E-state index in [2.05, 4.69) is 20.8 Å². The number of rotatable bonds is 9. The highest BCUT2D eigenvalue weighted by molar-refractivity contribution is 5.70. The maximum atomic E-state index is 11.8. The predicted octanol–water partition coefficient (Wildman–Crippen LogP) is 2.45. The van der Waals surface area contributed by atoms with Crippen LogP contribution >= 0.6 is 0 Å². The van der Waals surface area contributed by atoms with Crippen LogP contribution in [0, 0.1) is 11.8 Å². The van der Waals surface area contributed by atoms with Crippen LogP contribution in [0.1, 0.15) is 65.7 Å². The summed E-state index contributed by atoms with van der Waals surface area (Å²) in [6, 6.07) is 0. The first-order chi connectivity index (χ1) is 9.58. The van der Waals surface area contributed by atoms with Crippen LogP contribution < -0.4 is 4.90 Å². The first-order valence-electron chi connectivity index (χ1n) is 8.57. The molecule has 3 heteroatoms. The quantitative estimate of drug-likeness (QED) is 0.659. The molecule has 118 valence electrons. The Morgan fingerprint density at radius 3 is 2.40 bits per heavy atom. The van der Waals surface area contributed by atoms with Gasteiger partial charge in [0.05, 0.1) is 19.7 Å². The van der Waals surface area contributed by atoms with Gasteiger partial charge in [-0.1, -0.05) is 40.0 Å². The minimum atomic E-state index is -0.00344. The second-order valence-corrected chi connectivity index (χ2v) is 6.93. The highest BCUT2D eigenvalue weighted by Gasteiger charge is 2.18. The SMILES string of the molecule is CC(C)CCC[C@H](C)CCOC(=O)C[NH+]1CCCCC1. The van der Waals surface area contributed by atoms with Crippen molar-refractivity contribution in [1.82, 2.24) is 0 Å². The lowest BCUT2D eigenvalue weighted by Gasteiger charge is -2.22. The molecule has 0 radical (unpaired) electrons. The van der Waals surface area contributed by atoms with Crippen molar-refractivity contribution in [3.63, 3.8) is 0 Å². The first-order valence-corrected chi connectivity index (χ1v) is 8.57. The summed E-state index contributed by atoms with van der Waals surface area (Å²) in [5.41, 5.74) is 0. The molecule has 1 aliphatic rings. The van der Waals surface area contributed by atoms with E-state index in [4.69, 9.17) is 4.74 Å². The summed E-state index contributed by atoms with van der Waals surface area (Å²) in [7, 11) is 0. The Labute approximate surface area is 125 Å². The number of piperidine rings is 1.